The minimum Gasteiger partial charge on any atom is -0.258 e. The number of para-hydroxylation sites is 1. The van der Waals surface area contributed by atoms with Gasteiger partial charge in [0.1, 0.15) is 5.82 Å². The number of benzene rings is 2. The fraction of sp³-hybridized carbons (Fsp3) is 0.176. The number of halogens is 1. The lowest BCUT2D eigenvalue weighted by atomic mass is 10.1. The van der Waals surface area contributed by atoms with Crippen molar-refractivity contribution in [1.29, 1.82) is 0 Å². The Kier molecular flexibility index (Phi) is 6.00. The Morgan fingerprint density at radius 1 is 1.20 bits per heavy atom. The van der Waals surface area contributed by atoms with Gasteiger partial charge in [-0.25, -0.2) is 17.5 Å². The molecule has 0 fully saturated rings. The number of nitrogens with zero attached hydrogens (tertiary/aromatic N) is 1. The molecule has 0 saturated carbocycles. The van der Waals surface area contributed by atoms with Gasteiger partial charge in [-0.15, -0.1) is 0 Å². The van der Waals surface area contributed by atoms with E-state index in [9.17, 15) is 22.9 Å². The SMILES string of the molecule is CC(C/C=C/c1ccc(F)cc1)NS(=O)(=O)c1ccccc1[N+](=O)[O-]. The second-order valence-corrected chi connectivity index (χ2v) is 7.12. The zero-order valence-corrected chi connectivity index (χ0v) is 14.2. The van der Waals surface area contributed by atoms with Crippen LogP contribution >= 0.6 is 0 Å². The maximum Gasteiger partial charge on any atom is 0.289 e. The molecule has 0 aliphatic carbocycles. The summed E-state index contributed by atoms with van der Waals surface area (Å²) in [6.45, 7) is 1.65. The number of hydrogen-bond donors (Lipinski definition) is 1. The highest BCUT2D eigenvalue weighted by Gasteiger charge is 2.26. The number of nitrogens with one attached hydrogen (secondary N) is 1. The van der Waals surface area contributed by atoms with Crippen molar-refractivity contribution in [1.82, 2.24) is 4.72 Å². The van der Waals surface area contributed by atoms with Crippen molar-refractivity contribution in [3.05, 3.63) is 76.1 Å². The van der Waals surface area contributed by atoms with E-state index in [4.69, 9.17) is 0 Å². The van der Waals surface area contributed by atoms with Crippen LogP contribution in [-0.4, -0.2) is 19.4 Å². The number of hydrogen-bond acceptors (Lipinski definition) is 4. The summed E-state index contributed by atoms with van der Waals surface area (Å²) in [5, 5.41) is 11.0. The smallest absolute Gasteiger partial charge is 0.258 e. The van der Waals surface area contributed by atoms with Gasteiger partial charge in [-0.3, -0.25) is 10.1 Å². The predicted molar refractivity (Wildman–Crippen MR) is 92.9 cm³/mol. The van der Waals surface area contributed by atoms with Crippen LogP contribution in [0.2, 0.25) is 0 Å². The van der Waals surface area contributed by atoms with Gasteiger partial charge >= 0.3 is 0 Å². The maximum absolute atomic E-state index is 12.8. The standard InChI is InChI=1S/C17H17FN2O4S/c1-13(5-4-6-14-9-11-15(18)12-10-14)19-25(23,24)17-8-3-2-7-16(17)20(21)22/h2-4,6-13,19H,5H2,1H3/b6-4+. The molecule has 0 saturated heterocycles. The van der Waals surface area contributed by atoms with Gasteiger partial charge < -0.3 is 0 Å². The second kappa shape index (κ2) is 8.00. The Bertz CT molecular complexity index is 880. The fourth-order valence-corrected chi connectivity index (χ4v) is 3.62. The molecule has 0 radical (unpaired) electrons. The summed E-state index contributed by atoms with van der Waals surface area (Å²) in [7, 11) is -4.01. The van der Waals surface area contributed by atoms with E-state index in [1.807, 2.05) is 0 Å². The van der Waals surface area contributed by atoms with Crippen LogP contribution in [0, 0.1) is 15.9 Å². The van der Waals surface area contributed by atoms with Crippen LogP contribution in [0.15, 0.2) is 59.5 Å². The summed E-state index contributed by atoms with van der Waals surface area (Å²) < 4.78 is 40.0. The third-order valence-corrected chi connectivity index (χ3v) is 5.01. The predicted octanol–water partition coefficient (Wildman–Crippen LogP) is 3.50. The largest absolute Gasteiger partial charge is 0.289 e. The molecule has 2 rings (SSSR count). The summed E-state index contributed by atoms with van der Waals surface area (Å²) in [6.07, 6.45) is 3.87. The fourth-order valence-electron chi connectivity index (χ4n) is 2.19. The molecule has 8 heteroatoms. The van der Waals surface area contributed by atoms with Gasteiger partial charge in [0.2, 0.25) is 10.0 Å². The van der Waals surface area contributed by atoms with E-state index >= 15 is 0 Å². The third-order valence-electron chi connectivity index (χ3n) is 3.38. The van der Waals surface area contributed by atoms with Gasteiger partial charge in [-0.05, 0) is 37.1 Å². The highest BCUT2D eigenvalue weighted by Crippen LogP contribution is 2.23. The number of nitro groups is 1. The summed E-state index contributed by atoms with van der Waals surface area (Å²) in [5.41, 5.74) is 0.319. The Morgan fingerprint density at radius 3 is 2.48 bits per heavy atom. The van der Waals surface area contributed by atoms with Gasteiger partial charge in [0, 0.05) is 12.1 Å². The lowest BCUT2D eigenvalue weighted by molar-refractivity contribution is -0.387. The van der Waals surface area contributed by atoms with Crippen LogP contribution in [0.3, 0.4) is 0 Å². The average Bonchev–Trinajstić information content (AvgIpc) is 2.56. The highest BCUT2D eigenvalue weighted by atomic mass is 32.2. The van der Waals surface area contributed by atoms with Crippen LogP contribution in [-0.2, 0) is 10.0 Å². The third kappa shape index (κ3) is 5.20. The first-order valence-corrected chi connectivity index (χ1v) is 8.96. The molecule has 0 amide bonds. The minimum atomic E-state index is -4.01. The molecule has 0 aliphatic heterocycles. The zero-order chi connectivity index (χ0) is 18.4. The summed E-state index contributed by atoms with van der Waals surface area (Å²) in [4.78, 5) is 9.89. The first-order valence-electron chi connectivity index (χ1n) is 7.47. The van der Waals surface area contributed by atoms with E-state index in [-0.39, 0.29) is 10.7 Å². The van der Waals surface area contributed by atoms with Crippen molar-refractivity contribution >= 4 is 21.8 Å². The summed E-state index contributed by atoms with van der Waals surface area (Å²) >= 11 is 0. The molecule has 6 nitrogen and oxygen atoms in total. The van der Waals surface area contributed by atoms with Gasteiger partial charge in [0.15, 0.2) is 4.90 Å². The number of rotatable bonds is 7. The molecule has 0 aromatic heterocycles. The molecule has 132 valence electrons. The van der Waals surface area contributed by atoms with Crippen LogP contribution in [0.1, 0.15) is 18.9 Å². The number of sulfonamides is 1. The van der Waals surface area contributed by atoms with Crippen LogP contribution in [0.4, 0.5) is 10.1 Å². The Labute approximate surface area is 145 Å². The normalized spacial score (nSPS) is 13.0. The maximum atomic E-state index is 12.8. The molecule has 2 aromatic rings. The van der Waals surface area contributed by atoms with Crippen molar-refractivity contribution in [2.24, 2.45) is 0 Å². The molecule has 25 heavy (non-hydrogen) atoms. The van der Waals surface area contributed by atoms with E-state index in [0.29, 0.717) is 6.42 Å². The van der Waals surface area contributed by atoms with Crippen molar-refractivity contribution in [2.75, 3.05) is 0 Å². The van der Waals surface area contributed by atoms with Crippen LogP contribution in [0.25, 0.3) is 6.08 Å². The van der Waals surface area contributed by atoms with Gasteiger partial charge in [-0.2, -0.15) is 0 Å². The lowest BCUT2D eigenvalue weighted by Crippen LogP contribution is -2.32. The van der Waals surface area contributed by atoms with Crippen LogP contribution in [0.5, 0.6) is 0 Å². The molecule has 0 aliphatic rings. The van der Waals surface area contributed by atoms with E-state index in [0.717, 1.165) is 11.6 Å². The van der Waals surface area contributed by atoms with E-state index < -0.39 is 26.7 Å². The lowest BCUT2D eigenvalue weighted by Gasteiger charge is -2.12. The van der Waals surface area contributed by atoms with E-state index in [1.54, 1.807) is 31.2 Å². The number of nitro benzene ring substituents is 1. The molecule has 2 aromatic carbocycles. The highest BCUT2D eigenvalue weighted by molar-refractivity contribution is 7.89. The second-order valence-electron chi connectivity index (χ2n) is 5.44. The minimum absolute atomic E-state index is 0.331. The van der Waals surface area contributed by atoms with Gasteiger partial charge in [-0.1, -0.05) is 36.4 Å². The monoisotopic (exact) mass is 364 g/mol. The first kappa shape index (κ1) is 18.8. The quantitative estimate of drug-likeness (QED) is 0.601. The molecule has 0 heterocycles. The van der Waals surface area contributed by atoms with Crippen molar-refractivity contribution in [2.45, 2.75) is 24.3 Å². The molecule has 0 bridgehead atoms. The Balaban J connectivity index is 2.05. The average molecular weight is 364 g/mol. The molecule has 0 spiro atoms. The molecule has 1 N–H and O–H groups in total. The summed E-state index contributed by atoms with van der Waals surface area (Å²) in [6, 6.07) is 10.6. The van der Waals surface area contributed by atoms with Crippen molar-refractivity contribution in [3.8, 4) is 0 Å². The molecular formula is C17H17FN2O4S. The van der Waals surface area contributed by atoms with E-state index in [1.165, 1.54) is 30.3 Å². The zero-order valence-electron chi connectivity index (χ0n) is 13.4. The Morgan fingerprint density at radius 2 is 1.84 bits per heavy atom. The molecular weight excluding hydrogens is 347 g/mol. The Hall–Kier alpha value is -2.58. The van der Waals surface area contributed by atoms with E-state index in [2.05, 4.69) is 4.72 Å². The van der Waals surface area contributed by atoms with Gasteiger partial charge in [0.25, 0.3) is 5.69 Å². The molecule has 1 unspecified atom stereocenters. The first-order chi connectivity index (χ1) is 11.8. The molecule has 1 atom stereocenters. The topological polar surface area (TPSA) is 89.3 Å². The summed E-state index contributed by atoms with van der Waals surface area (Å²) in [5.74, 6) is -0.331. The van der Waals surface area contributed by atoms with Gasteiger partial charge in [0.05, 0.1) is 4.92 Å². The van der Waals surface area contributed by atoms with Crippen molar-refractivity contribution < 1.29 is 17.7 Å². The van der Waals surface area contributed by atoms with Crippen molar-refractivity contribution in [3.63, 3.8) is 0 Å². The van der Waals surface area contributed by atoms with Crippen LogP contribution < -0.4 is 4.72 Å².